The third kappa shape index (κ3) is 19.2. The van der Waals surface area contributed by atoms with Crippen LogP contribution in [0.3, 0.4) is 0 Å². The second-order valence-corrected chi connectivity index (χ2v) is 15.3. The summed E-state index contributed by atoms with van der Waals surface area (Å²) >= 11 is 0. The van der Waals surface area contributed by atoms with Gasteiger partial charge in [-0.15, -0.1) is 0 Å². The van der Waals surface area contributed by atoms with Crippen molar-refractivity contribution >= 4 is 0 Å². The van der Waals surface area contributed by atoms with E-state index in [1.807, 2.05) is 0 Å². The highest BCUT2D eigenvalue weighted by molar-refractivity contribution is 5.15. The van der Waals surface area contributed by atoms with E-state index in [9.17, 15) is 0 Å². The van der Waals surface area contributed by atoms with Crippen LogP contribution in [0.2, 0.25) is 0 Å². The summed E-state index contributed by atoms with van der Waals surface area (Å²) in [5.41, 5.74) is 8.80. The van der Waals surface area contributed by atoms with Gasteiger partial charge in [0.05, 0.1) is 6.42 Å². The first-order valence-electron chi connectivity index (χ1n) is 21.0. The Morgan fingerprint density at radius 3 is 0.915 bits per heavy atom. The van der Waals surface area contributed by atoms with Crippen molar-refractivity contribution in [3.05, 3.63) is 58.2 Å². The molecule has 2 nitrogen and oxygen atoms in total. The number of aromatic nitrogens is 2. The van der Waals surface area contributed by atoms with E-state index in [4.69, 9.17) is 0 Å². The van der Waals surface area contributed by atoms with Crippen LogP contribution in [0.4, 0.5) is 0 Å². The van der Waals surface area contributed by atoms with Gasteiger partial charge in [-0.2, -0.15) is 9.13 Å². The Labute approximate surface area is 294 Å². The Morgan fingerprint density at radius 1 is 0.340 bits per heavy atom. The van der Waals surface area contributed by atoms with E-state index in [0.29, 0.717) is 0 Å². The second-order valence-electron chi connectivity index (χ2n) is 15.3. The van der Waals surface area contributed by atoms with E-state index in [2.05, 4.69) is 74.9 Å². The minimum absolute atomic E-state index is 1.12. The highest BCUT2D eigenvalue weighted by Crippen LogP contribution is 2.15. The molecule has 47 heavy (non-hydrogen) atoms. The molecule has 0 atom stereocenters. The average molecular weight is 649 g/mol. The minimum atomic E-state index is 1.12. The lowest BCUT2D eigenvalue weighted by Crippen LogP contribution is -2.46. The second kappa shape index (κ2) is 27.2. The largest absolute Gasteiger partial charge is 0.200 e. The van der Waals surface area contributed by atoms with Crippen molar-refractivity contribution in [2.45, 2.75) is 228 Å². The van der Waals surface area contributed by atoms with Gasteiger partial charge in [0.1, 0.15) is 0 Å². The van der Waals surface area contributed by atoms with Gasteiger partial charge < -0.3 is 0 Å². The standard InChI is InChI=1S/C45H80N2/c1-7-9-11-13-15-17-19-21-23-25-27-29-32-44-38-40(3)36-42(5)46(44)34-31-35-47-43(6)37-41(4)39-45(47)33-30-28-26-24-22-20-18-16-14-12-10-8-2/h36-39H,7-35H2,1-6H3/q+2. The van der Waals surface area contributed by atoms with Gasteiger partial charge in [-0.25, -0.2) is 0 Å². The van der Waals surface area contributed by atoms with Gasteiger partial charge in [0, 0.05) is 51.0 Å². The molecule has 0 saturated carbocycles. The number of unbranched alkanes of at least 4 members (excludes halogenated alkanes) is 22. The van der Waals surface area contributed by atoms with E-state index < -0.39 is 0 Å². The topological polar surface area (TPSA) is 7.76 Å². The monoisotopic (exact) mass is 649 g/mol. The van der Waals surface area contributed by atoms with E-state index in [0.717, 1.165) is 13.1 Å². The fourth-order valence-corrected chi connectivity index (χ4v) is 7.77. The summed E-state index contributed by atoms with van der Waals surface area (Å²) in [4.78, 5) is 0. The molecule has 0 aliphatic rings. The van der Waals surface area contributed by atoms with E-state index >= 15 is 0 Å². The highest BCUT2D eigenvalue weighted by atomic mass is 15.0. The zero-order chi connectivity index (χ0) is 34.0. The van der Waals surface area contributed by atoms with Crippen LogP contribution in [0, 0.1) is 27.7 Å². The molecule has 0 fully saturated rings. The molecular weight excluding hydrogens is 569 g/mol. The van der Waals surface area contributed by atoms with Crippen molar-refractivity contribution in [1.29, 1.82) is 0 Å². The molecule has 2 rings (SSSR count). The van der Waals surface area contributed by atoms with Crippen LogP contribution in [-0.4, -0.2) is 0 Å². The molecule has 0 bridgehead atoms. The summed E-state index contributed by atoms with van der Waals surface area (Å²) in [6, 6.07) is 9.70. The van der Waals surface area contributed by atoms with Gasteiger partial charge in [-0.1, -0.05) is 155 Å². The fourth-order valence-electron chi connectivity index (χ4n) is 7.77. The van der Waals surface area contributed by atoms with Crippen molar-refractivity contribution in [1.82, 2.24) is 0 Å². The molecule has 0 aliphatic heterocycles. The zero-order valence-electron chi connectivity index (χ0n) is 32.7. The number of nitrogens with zero attached hydrogens (tertiary/aromatic N) is 2. The number of hydrogen-bond donors (Lipinski definition) is 0. The smallest absolute Gasteiger partial charge is 0.181 e. The Balaban J connectivity index is 1.74. The first-order valence-corrected chi connectivity index (χ1v) is 21.0. The summed E-state index contributed by atoms with van der Waals surface area (Å²) < 4.78 is 5.28. The summed E-state index contributed by atoms with van der Waals surface area (Å²) in [6.07, 6.45) is 37.7. The average Bonchev–Trinajstić information content (AvgIpc) is 3.04. The van der Waals surface area contributed by atoms with E-state index in [1.165, 1.54) is 196 Å². The summed E-state index contributed by atoms with van der Waals surface area (Å²) in [7, 11) is 0. The van der Waals surface area contributed by atoms with Crippen LogP contribution in [0.1, 0.15) is 208 Å². The molecular formula is C45H80N2+2. The third-order valence-electron chi connectivity index (χ3n) is 10.5. The maximum Gasteiger partial charge on any atom is 0.181 e. The quantitative estimate of drug-likeness (QED) is 0.0588. The lowest BCUT2D eigenvalue weighted by molar-refractivity contribution is -0.739. The van der Waals surface area contributed by atoms with E-state index in [1.54, 1.807) is 11.4 Å². The lowest BCUT2D eigenvalue weighted by Gasteiger charge is -2.11. The summed E-state index contributed by atoms with van der Waals surface area (Å²) in [6.45, 7) is 16.1. The number of pyridine rings is 2. The number of aryl methyl sites for hydroxylation is 6. The normalized spacial score (nSPS) is 11.5. The molecule has 0 radical (unpaired) electrons. The summed E-state index contributed by atoms with van der Waals surface area (Å²) in [5, 5.41) is 0. The van der Waals surface area contributed by atoms with Crippen molar-refractivity contribution < 1.29 is 9.13 Å². The molecule has 0 saturated heterocycles. The molecule has 0 aliphatic carbocycles. The molecule has 2 aromatic rings. The SMILES string of the molecule is CCCCCCCCCCCCCCc1cc(C)cc(C)[n+]1CCC[n+]1c(C)cc(C)cc1CCCCCCCCCCCCCC. The van der Waals surface area contributed by atoms with Gasteiger partial charge in [-0.3, -0.25) is 0 Å². The fraction of sp³-hybridized carbons (Fsp3) is 0.778. The van der Waals surface area contributed by atoms with Gasteiger partial charge >= 0.3 is 0 Å². The van der Waals surface area contributed by atoms with Crippen LogP contribution in [0.25, 0.3) is 0 Å². The molecule has 0 N–H and O–H groups in total. The van der Waals surface area contributed by atoms with Crippen LogP contribution in [0.5, 0.6) is 0 Å². The Kier molecular flexibility index (Phi) is 24.0. The van der Waals surface area contributed by atoms with Gasteiger partial charge in [0.25, 0.3) is 0 Å². The van der Waals surface area contributed by atoms with Crippen LogP contribution < -0.4 is 9.13 Å². The van der Waals surface area contributed by atoms with Crippen molar-refractivity contribution in [3.8, 4) is 0 Å². The maximum absolute atomic E-state index is 2.64. The van der Waals surface area contributed by atoms with Crippen LogP contribution >= 0.6 is 0 Å². The first kappa shape index (κ1) is 41.5. The third-order valence-corrected chi connectivity index (χ3v) is 10.5. The molecule has 0 amide bonds. The highest BCUT2D eigenvalue weighted by Gasteiger charge is 2.19. The molecule has 2 heteroatoms. The van der Waals surface area contributed by atoms with Gasteiger partial charge in [0.15, 0.2) is 35.9 Å². The predicted molar refractivity (Wildman–Crippen MR) is 206 cm³/mol. The van der Waals surface area contributed by atoms with E-state index in [-0.39, 0.29) is 0 Å². The predicted octanol–water partition coefficient (Wildman–Crippen LogP) is 13.1. The number of rotatable bonds is 30. The van der Waals surface area contributed by atoms with Crippen LogP contribution in [0.15, 0.2) is 24.3 Å². The summed E-state index contributed by atoms with van der Waals surface area (Å²) in [5.74, 6) is 0. The maximum atomic E-state index is 2.64. The van der Waals surface area contributed by atoms with Crippen molar-refractivity contribution in [2.75, 3.05) is 0 Å². The lowest BCUT2D eigenvalue weighted by atomic mass is 10.0. The Hall–Kier alpha value is -1.70. The number of hydrogen-bond acceptors (Lipinski definition) is 0. The van der Waals surface area contributed by atoms with Crippen LogP contribution in [-0.2, 0) is 25.9 Å². The minimum Gasteiger partial charge on any atom is -0.200 e. The van der Waals surface area contributed by atoms with Gasteiger partial charge in [0.2, 0.25) is 0 Å². The zero-order valence-corrected chi connectivity index (χ0v) is 32.7. The molecule has 268 valence electrons. The molecule has 0 unspecified atom stereocenters. The molecule has 0 spiro atoms. The van der Waals surface area contributed by atoms with Gasteiger partial charge in [-0.05, 0) is 37.8 Å². The van der Waals surface area contributed by atoms with Crippen molar-refractivity contribution in [2.24, 2.45) is 0 Å². The first-order chi connectivity index (χ1) is 23.0. The molecule has 2 aromatic heterocycles. The Morgan fingerprint density at radius 2 is 0.617 bits per heavy atom. The van der Waals surface area contributed by atoms with Crippen molar-refractivity contribution in [3.63, 3.8) is 0 Å². The molecule has 0 aromatic carbocycles. The molecule has 2 heterocycles. The Bertz CT molecular complexity index is 971.